The predicted molar refractivity (Wildman–Crippen MR) is 127 cm³/mol. The van der Waals surface area contributed by atoms with E-state index in [-0.39, 0.29) is 23.1 Å². The Morgan fingerprint density at radius 2 is 1.88 bits per heavy atom. The van der Waals surface area contributed by atoms with Gasteiger partial charge in [-0.2, -0.15) is 4.31 Å². The van der Waals surface area contributed by atoms with Gasteiger partial charge in [0.25, 0.3) is 0 Å². The van der Waals surface area contributed by atoms with Crippen LogP contribution in [0.3, 0.4) is 0 Å². The summed E-state index contributed by atoms with van der Waals surface area (Å²) < 4.78 is 33.1. The van der Waals surface area contributed by atoms with Crippen LogP contribution in [-0.2, 0) is 21.4 Å². The summed E-state index contributed by atoms with van der Waals surface area (Å²) >= 11 is 6.24. The van der Waals surface area contributed by atoms with Crippen molar-refractivity contribution in [3.63, 3.8) is 0 Å². The van der Waals surface area contributed by atoms with Gasteiger partial charge in [0.05, 0.1) is 13.7 Å². The molecule has 9 heteroatoms. The molecule has 2 aromatic carbocycles. The quantitative estimate of drug-likeness (QED) is 0.588. The van der Waals surface area contributed by atoms with Gasteiger partial charge in [0.15, 0.2) is 0 Å². The molecule has 1 aliphatic heterocycles. The predicted octanol–water partition coefficient (Wildman–Crippen LogP) is 3.98. The van der Waals surface area contributed by atoms with Crippen molar-refractivity contribution in [3.05, 3.63) is 53.1 Å². The Morgan fingerprint density at radius 3 is 2.53 bits per heavy atom. The number of carbonyl (C=O) groups is 1. The van der Waals surface area contributed by atoms with Crippen LogP contribution < -0.4 is 10.1 Å². The smallest absolute Gasteiger partial charge is 0.246 e. The molecule has 1 fully saturated rings. The fourth-order valence-electron chi connectivity index (χ4n) is 3.75. The van der Waals surface area contributed by atoms with Crippen molar-refractivity contribution in [2.75, 3.05) is 38.6 Å². The summed E-state index contributed by atoms with van der Waals surface area (Å²) in [6.45, 7) is 4.32. The zero-order valence-electron chi connectivity index (χ0n) is 18.5. The normalized spacial score (nSPS) is 15.0. The molecule has 0 atom stereocenters. The van der Waals surface area contributed by atoms with Gasteiger partial charge in [-0.15, -0.1) is 0 Å². The van der Waals surface area contributed by atoms with Crippen LogP contribution in [0.1, 0.15) is 31.7 Å². The van der Waals surface area contributed by atoms with Crippen LogP contribution in [0, 0.1) is 0 Å². The van der Waals surface area contributed by atoms with Gasteiger partial charge < -0.3 is 10.1 Å². The highest BCUT2D eigenvalue weighted by atomic mass is 35.5. The number of benzene rings is 2. The molecular weight excluding hydrogens is 450 g/mol. The van der Waals surface area contributed by atoms with Gasteiger partial charge >= 0.3 is 0 Å². The van der Waals surface area contributed by atoms with Crippen LogP contribution in [0.25, 0.3) is 0 Å². The number of carbonyl (C=O) groups excluding carboxylic acids is 1. The van der Waals surface area contributed by atoms with Gasteiger partial charge in [0, 0.05) is 30.3 Å². The molecule has 3 rings (SSSR count). The number of piperidine rings is 1. The minimum atomic E-state index is -3.70. The van der Waals surface area contributed by atoms with Gasteiger partial charge in [-0.05, 0) is 49.2 Å². The average molecular weight is 480 g/mol. The van der Waals surface area contributed by atoms with Crippen molar-refractivity contribution in [2.45, 2.75) is 37.6 Å². The number of amides is 1. The molecule has 1 aliphatic rings. The summed E-state index contributed by atoms with van der Waals surface area (Å²) in [5, 5.41) is 3.48. The molecule has 0 aliphatic carbocycles. The van der Waals surface area contributed by atoms with E-state index < -0.39 is 10.0 Å². The third-order valence-electron chi connectivity index (χ3n) is 5.55. The highest BCUT2D eigenvalue weighted by Crippen LogP contribution is 2.31. The Bertz CT molecular complexity index is 1040. The van der Waals surface area contributed by atoms with Gasteiger partial charge in [-0.1, -0.05) is 43.1 Å². The summed E-state index contributed by atoms with van der Waals surface area (Å²) in [5.41, 5.74) is 1.36. The largest absolute Gasteiger partial charge is 0.495 e. The Labute approximate surface area is 195 Å². The van der Waals surface area contributed by atoms with E-state index >= 15 is 0 Å². The molecule has 0 spiro atoms. The lowest BCUT2D eigenvalue weighted by Gasteiger charge is -2.26. The number of nitrogens with one attached hydrogen (secondary N) is 1. The molecule has 174 valence electrons. The van der Waals surface area contributed by atoms with Crippen LogP contribution in [0.4, 0.5) is 5.69 Å². The lowest BCUT2D eigenvalue weighted by molar-refractivity contribution is -0.117. The Balaban J connectivity index is 1.73. The Kier molecular flexibility index (Phi) is 8.53. The Hall–Kier alpha value is -2.13. The Morgan fingerprint density at radius 1 is 1.16 bits per heavy atom. The number of halogens is 1. The van der Waals surface area contributed by atoms with E-state index in [1.54, 1.807) is 12.1 Å². The number of likely N-dealkylation sites (N-methyl/N-ethyl adjacent to an activating group) is 1. The van der Waals surface area contributed by atoms with Crippen molar-refractivity contribution in [1.29, 1.82) is 0 Å². The molecule has 32 heavy (non-hydrogen) atoms. The second-order valence-electron chi connectivity index (χ2n) is 7.77. The van der Waals surface area contributed by atoms with E-state index in [0.717, 1.165) is 24.8 Å². The van der Waals surface area contributed by atoms with Crippen LogP contribution in [-0.4, -0.2) is 56.8 Å². The molecule has 2 aromatic rings. The third-order valence-corrected chi connectivity index (χ3v) is 7.84. The van der Waals surface area contributed by atoms with Crippen molar-refractivity contribution in [2.24, 2.45) is 0 Å². The first-order valence-electron chi connectivity index (χ1n) is 10.8. The first-order valence-corrected chi connectivity index (χ1v) is 12.6. The molecule has 0 saturated carbocycles. The topological polar surface area (TPSA) is 79.0 Å². The number of ether oxygens (including phenoxy) is 1. The summed E-state index contributed by atoms with van der Waals surface area (Å²) in [6.07, 6.45) is 2.72. The number of methoxy groups -OCH3 is 1. The number of nitrogens with zero attached hydrogens (tertiary/aromatic N) is 2. The molecule has 0 unspecified atom stereocenters. The monoisotopic (exact) mass is 479 g/mol. The lowest BCUT2D eigenvalue weighted by atomic mass is 10.2. The fourth-order valence-corrected chi connectivity index (χ4v) is 5.65. The van der Waals surface area contributed by atoms with Crippen LogP contribution >= 0.6 is 11.6 Å². The van der Waals surface area contributed by atoms with Crippen molar-refractivity contribution in [3.8, 4) is 5.75 Å². The van der Waals surface area contributed by atoms with E-state index in [1.807, 2.05) is 36.1 Å². The molecule has 1 heterocycles. The average Bonchev–Trinajstić information content (AvgIpc) is 2.80. The molecule has 1 amide bonds. The zero-order chi connectivity index (χ0) is 23.1. The maximum atomic E-state index is 13.2. The van der Waals surface area contributed by atoms with Crippen molar-refractivity contribution in [1.82, 2.24) is 9.21 Å². The van der Waals surface area contributed by atoms with Crippen molar-refractivity contribution >= 4 is 33.2 Å². The second-order valence-corrected chi connectivity index (χ2v) is 10.1. The van der Waals surface area contributed by atoms with Gasteiger partial charge in [0.2, 0.25) is 15.9 Å². The summed E-state index contributed by atoms with van der Waals surface area (Å²) in [5.74, 6) is 0.0351. The fraction of sp³-hybridized carbons (Fsp3) is 0.435. The minimum Gasteiger partial charge on any atom is -0.495 e. The minimum absolute atomic E-state index is 0.0723. The highest BCUT2D eigenvalue weighted by Gasteiger charge is 2.29. The molecule has 1 saturated heterocycles. The number of rotatable bonds is 9. The van der Waals surface area contributed by atoms with E-state index in [2.05, 4.69) is 5.32 Å². The van der Waals surface area contributed by atoms with Gasteiger partial charge in [-0.25, -0.2) is 8.42 Å². The SMILES string of the molecule is CCN(CC(=O)Nc1ccc(OC)c(S(=O)(=O)N2CCCCC2)c1)Cc1ccccc1Cl. The molecule has 0 radical (unpaired) electrons. The number of sulfonamides is 1. The molecule has 1 N–H and O–H groups in total. The molecule has 0 bridgehead atoms. The summed E-state index contributed by atoms with van der Waals surface area (Å²) in [6, 6.07) is 12.2. The first kappa shape index (κ1) is 24.5. The van der Waals surface area contributed by atoms with E-state index in [1.165, 1.54) is 17.5 Å². The van der Waals surface area contributed by atoms with E-state index in [0.29, 0.717) is 36.9 Å². The van der Waals surface area contributed by atoms with Crippen LogP contribution in [0.5, 0.6) is 5.75 Å². The maximum absolute atomic E-state index is 13.2. The van der Waals surface area contributed by atoms with Crippen LogP contribution in [0.2, 0.25) is 5.02 Å². The standard InChI is InChI=1S/C23H30ClN3O4S/c1-3-26(16-18-9-5-6-10-20(18)24)17-23(28)25-19-11-12-21(31-2)22(15-19)32(29,30)27-13-7-4-8-14-27/h5-6,9-12,15H,3-4,7-8,13-14,16-17H2,1-2H3,(H,25,28). The third kappa shape index (κ3) is 6.01. The lowest BCUT2D eigenvalue weighted by Crippen LogP contribution is -2.36. The second kappa shape index (κ2) is 11.1. The van der Waals surface area contributed by atoms with E-state index in [9.17, 15) is 13.2 Å². The molecular formula is C23H30ClN3O4S. The number of hydrogen-bond acceptors (Lipinski definition) is 5. The van der Waals surface area contributed by atoms with Crippen LogP contribution in [0.15, 0.2) is 47.4 Å². The van der Waals surface area contributed by atoms with E-state index in [4.69, 9.17) is 16.3 Å². The highest BCUT2D eigenvalue weighted by molar-refractivity contribution is 7.89. The number of hydrogen-bond donors (Lipinski definition) is 1. The maximum Gasteiger partial charge on any atom is 0.246 e. The van der Waals surface area contributed by atoms with Crippen molar-refractivity contribution < 1.29 is 17.9 Å². The number of anilines is 1. The van der Waals surface area contributed by atoms with Gasteiger partial charge in [-0.3, -0.25) is 9.69 Å². The van der Waals surface area contributed by atoms with Gasteiger partial charge in [0.1, 0.15) is 10.6 Å². The first-order chi connectivity index (χ1) is 15.3. The molecule has 7 nitrogen and oxygen atoms in total. The molecule has 0 aromatic heterocycles. The zero-order valence-corrected chi connectivity index (χ0v) is 20.1. The summed E-state index contributed by atoms with van der Waals surface area (Å²) in [4.78, 5) is 14.7. The summed E-state index contributed by atoms with van der Waals surface area (Å²) in [7, 11) is -2.26.